The summed E-state index contributed by atoms with van der Waals surface area (Å²) < 4.78 is 2.32. The molecule has 0 spiro atoms. The fourth-order valence-corrected chi connectivity index (χ4v) is 3.06. The molecule has 1 heterocycles. The second kappa shape index (κ2) is 7.05. The Labute approximate surface area is 150 Å². The molecule has 2 aromatic carbocycles. The molecule has 0 aliphatic heterocycles. The largest absolute Gasteiger partial charge is 0.291 e. The standard InChI is InChI=1S/C16H11BrClN5O/c17-11-4-5-13-14(7-11)20-9-23(16(13)24)15(8-21-22-19)10-2-1-3-12(18)6-10/h1-7,9,15H,8H2. The van der Waals surface area contributed by atoms with Gasteiger partial charge in [-0.2, -0.15) is 0 Å². The number of halogens is 2. The molecule has 3 rings (SSSR count). The Hall–Kier alpha value is -2.34. The molecule has 0 fully saturated rings. The van der Waals surface area contributed by atoms with Crippen LogP contribution in [0.15, 0.2) is 63.2 Å². The fourth-order valence-electron chi connectivity index (χ4n) is 2.51. The predicted molar refractivity (Wildman–Crippen MR) is 97.3 cm³/mol. The number of fused-ring (bicyclic) bond motifs is 1. The zero-order valence-electron chi connectivity index (χ0n) is 12.3. The van der Waals surface area contributed by atoms with Crippen molar-refractivity contribution >= 4 is 38.4 Å². The van der Waals surface area contributed by atoms with Crippen LogP contribution in [0.2, 0.25) is 5.02 Å². The number of aromatic nitrogens is 2. The summed E-state index contributed by atoms with van der Waals surface area (Å²) in [6.07, 6.45) is 1.47. The average Bonchev–Trinajstić information content (AvgIpc) is 2.57. The first-order valence-electron chi connectivity index (χ1n) is 7.03. The first kappa shape index (κ1) is 16.5. The molecule has 1 unspecified atom stereocenters. The van der Waals surface area contributed by atoms with E-state index in [-0.39, 0.29) is 12.1 Å². The van der Waals surface area contributed by atoms with Gasteiger partial charge < -0.3 is 0 Å². The van der Waals surface area contributed by atoms with Gasteiger partial charge in [0, 0.05) is 14.4 Å². The van der Waals surface area contributed by atoms with Crippen LogP contribution in [0.3, 0.4) is 0 Å². The van der Waals surface area contributed by atoms with Crippen LogP contribution in [0, 0.1) is 0 Å². The Kier molecular flexibility index (Phi) is 4.85. The van der Waals surface area contributed by atoms with E-state index in [1.165, 1.54) is 10.9 Å². The monoisotopic (exact) mass is 403 g/mol. The summed E-state index contributed by atoms with van der Waals surface area (Å²) in [5, 5.41) is 4.67. The van der Waals surface area contributed by atoms with Gasteiger partial charge in [-0.25, -0.2) is 4.98 Å². The number of rotatable bonds is 4. The third-order valence-electron chi connectivity index (χ3n) is 3.63. The van der Waals surface area contributed by atoms with Crippen molar-refractivity contribution in [3.8, 4) is 0 Å². The van der Waals surface area contributed by atoms with Gasteiger partial charge in [0.1, 0.15) is 0 Å². The van der Waals surface area contributed by atoms with Crippen molar-refractivity contribution in [2.75, 3.05) is 6.54 Å². The zero-order chi connectivity index (χ0) is 17.1. The van der Waals surface area contributed by atoms with E-state index in [0.29, 0.717) is 15.9 Å². The van der Waals surface area contributed by atoms with Crippen molar-refractivity contribution in [3.63, 3.8) is 0 Å². The lowest BCUT2D eigenvalue weighted by Gasteiger charge is -2.18. The van der Waals surface area contributed by atoms with E-state index in [4.69, 9.17) is 17.1 Å². The Morgan fingerprint density at radius 3 is 2.92 bits per heavy atom. The Bertz CT molecular complexity index is 1010. The highest BCUT2D eigenvalue weighted by Crippen LogP contribution is 2.22. The SMILES string of the molecule is [N-]=[N+]=NCC(c1cccc(Cl)c1)n1cnc2cc(Br)ccc2c1=O. The van der Waals surface area contributed by atoms with Gasteiger partial charge in [0.2, 0.25) is 0 Å². The predicted octanol–water partition coefficient (Wildman–Crippen LogP) is 4.71. The molecule has 0 aliphatic carbocycles. The molecule has 0 amide bonds. The third kappa shape index (κ3) is 3.28. The summed E-state index contributed by atoms with van der Waals surface area (Å²) in [4.78, 5) is 20.0. The average molecular weight is 405 g/mol. The summed E-state index contributed by atoms with van der Waals surface area (Å²) in [6, 6.07) is 11.9. The summed E-state index contributed by atoms with van der Waals surface area (Å²) in [5.74, 6) is 0. The van der Waals surface area contributed by atoms with Gasteiger partial charge in [0.15, 0.2) is 0 Å². The van der Waals surface area contributed by atoms with Crippen molar-refractivity contribution in [1.82, 2.24) is 9.55 Å². The number of benzene rings is 2. The van der Waals surface area contributed by atoms with Gasteiger partial charge in [-0.3, -0.25) is 9.36 Å². The van der Waals surface area contributed by atoms with Gasteiger partial charge >= 0.3 is 0 Å². The summed E-state index contributed by atoms with van der Waals surface area (Å²) >= 11 is 9.42. The third-order valence-corrected chi connectivity index (χ3v) is 4.36. The van der Waals surface area contributed by atoms with Gasteiger partial charge in [-0.1, -0.05) is 44.8 Å². The molecular formula is C16H11BrClN5O. The molecule has 0 saturated carbocycles. The second-order valence-electron chi connectivity index (χ2n) is 5.10. The van der Waals surface area contributed by atoms with Crippen LogP contribution in [0.25, 0.3) is 21.3 Å². The fraction of sp³-hybridized carbons (Fsp3) is 0.125. The number of hydrogen-bond donors (Lipinski definition) is 0. The molecule has 1 atom stereocenters. The van der Waals surface area contributed by atoms with Crippen LogP contribution in [0.5, 0.6) is 0 Å². The molecule has 8 heteroatoms. The maximum absolute atomic E-state index is 12.8. The molecule has 0 saturated heterocycles. The minimum atomic E-state index is -0.479. The molecular weight excluding hydrogens is 394 g/mol. The van der Waals surface area contributed by atoms with Crippen LogP contribution in [-0.2, 0) is 0 Å². The first-order chi connectivity index (χ1) is 11.6. The molecule has 0 radical (unpaired) electrons. The second-order valence-corrected chi connectivity index (χ2v) is 6.45. The van der Waals surface area contributed by atoms with E-state index in [2.05, 4.69) is 30.9 Å². The number of azide groups is 1. The lowest BCUT2D eigenvalue weighted by Crippen LogP contribution is -2.27. The molecule has 3 aromatic rings. The minimum absolute atomic E-state index is 0.0838. The highest BCUT2D eigenvalue weighted by Gasteiger charge is 2.16. The summed E-state index contributed by atoms with van der Waals surface area (Å²) in [5.41, 5.74) is 9.83. The molecule has 6 nitrogen and oxygen atoms in total. The number of nitrogens with zero attached hydrogens (tertiary/aromatic N) is 5. The van der Waals surface area contributed by atoms with Crippen LogP contribution in [0.1, 0.15) is 11.6 Å². The molecule has 120 valence electrons. The van der Waals surface area contributed by atoms with Crippen molar-refractivity contribution in [1.29, 1.82) is 0 Å². The quantitative estimate of drug-likeness (QED) is 0.358. The Balaban J connectivity index is 2.19. The Morgan fingerprint density at radius 1 is 1.33 bits per heavy atom. The Morgan fingerprint density at radius 2 is 2.17 bits per heavy atom. The summed E-state index contributed by atoms with van der Waals surface area (Å²) in [6.45, 7) is 0.0838. The van der Waals surface area contributed by atoms with Crippen LogP contribution in [-0.4, -0.2) is 16.1 Å². The maximum atomic E-state index is 12.8. The van der Waals surface area contributed by atoms with Crippen molar-refractivity contribution in [2.24, 2.45) is 5.11 Å². The summed E-state index contributed by atoms with van der Waals surface area (Å²) in [7, 11) is 0. The first-order valence-corrected chi connectivity index (χ1v) is 8.20. The van der Waals surface area contributed by atoms with Crippen molar-refractivity contribution < 1.29 is 0 Å². The van der Waals surface area contributed by atoms with Crippen molar-refractivity contribution in [2.45, 2.75) is 6.04 Å². The molecule has 1 aromatic heterocycles. The molecule has 24 heavy (non-hydrogen) atoms. The van der Waals surface area contributed by atoms with Gasteiger partial charge in [-0.05, 0) is 41.4 Å². The van der Waals surface area contributed by atoms with E-state index in [9.17, 15) is 4.79 Å². The number of hydrogen-bond acceptors (Lipinski definition) is 3. The smallest absolute Gasteiger partial charge is 0.261 e. The lowest BCUT2D eigenvalue weighted by atomic mass is 10.1. The van der Waals surface area contributed by atoms with E-state index < -0.39 is 6.04 Å². The van der Waals surface area contributed by atoms with E-state index in [1.54, 1.807) is 36.4 Å². The molecule has 0 bridgehead atoms. The highest BCUT2D eigenvalue weighted by atomic mass is 79.9. The lowest BCUT2D eigenvalue weighted by molar-refractivity contribution is 0.569. The van der Waals surface area contributed by atoms with Crippen LogP contribution < -0.4 is 5.56 Å². The van der Waals surface area contributed by atoms with Gasteiger partial charge in [-0.15, -0.1) is 0 Å². The topological polar surface area (TPSA) is 83.7 Å². The van der Waals surface area contributed by atoms with Gasteiger partial charge in [0.05, 0.1) is 29.8 Å². The van der Waals surface area contributed by atoms with Crippen LogP contribution >= 0.6 is 27.5 Å². The van der Waals surface area contributed by atoms with Crippen molar-refractivity contribution in [3.05, 3.63) is 84.6 Å². The van der Waals surface area contributed by atoms with E-state index >= 15 is 0 Å². The highest BCUT2D eigenvalue weighted by molar-refractivity contribution is 9.10. The molecule has 0 N–H and O–H groups in total. The minimum Gasteiger partial charge on any atom is -0.291 e. The molecule has 0 aliphatic rings. The van der Waals surface area contributed by atoms with Gasteiger partial charge in [0.25, 0.3) is 5.56 Å². The van der Waals surface area contributed by atoms with E-state index in [1.807, 2.05) is 6.07 Å². The van der Waals surface area contributed by atoms with E-state index in [0.717, 1.165) is 10.0 Å². The van der Waals surface area contributed by atoms with Crippen LogP contribution in [0.4, 0.5) is 0 Å². The normalized spacial score (nSPS) is 11.9. The maximum Gasteiger partial charge on any atom is 0.261 e. The zero-order valence-corrected chi connectivity index (χ0v) is 14.6.